The molecule has 2 saturated carbocycles. The van der Waals surface area contributed by atoms with Gasteiger partial charge >= 0.3 is 0 Å². The molecular formula is C29H36N6O2. The van der Waals surface area contributed by atoms with E-state index in [4.69, 9.17) is 15.5 Å². The molecule has 0 amide bonds. The van der Waals surface area contributed by atoms with Crippen LogP contribution in [0.2, 0.25) is 0 Å². The van der Waals surface area contributed by atoms with E-state index in [9.17, 15) is 5.11 Å². The second-order valence-electron chi connectivity index (χ2n) is 11.3. The van der Waals surface area contributed by atoms with Crippen LogP contribution in [0.15, 0.2) is 48.9 Å². The number of nitrogens with zero attached hydrogens (tertiary/aromatic N) is 4. The second kappa shape index (κ2) is 9.58. The van der Waals surface area contributed by atoms with E-state index >= 15 is 0 Å². The molecule has 3 atom stereocenters. The van der Waals surface area contributed by atoms with Gasteiger partial charge in [-0.25, -0.2) is 15.0 Å². The van der Waals surface area contributed by atoms with Gasteiger partial charge in [-0.2, -0.15) is 0 Å². The molecule has 3 heterocycles. The number of hydrogen-bond donors (Lipinski definition) is 3. The summed E-state index contributed by atoms with van der Waals surface area (Å²) in [6, 6.07) is 12.9. The van der Waals surface area contributed by atoms with Gasteiger partial charge in [0.05, 0.1) is 23.0 Å². The number of aryl methyl sites for hydroxylation is 1. The fourth-order valence-electron chi connectivity index (χ4n) is 5.72. The van der Waals surface area contributed by atoms with Crippen molar-refractivity contribution in [1.29, 1.82) is 0 Å². The van der Waals surface area contributed by atoms with Crippen LogP contribution < -0.4 is 11.1 Å². The maximum atomic E-state index is 10.5. The van der Waals surface area contributed by atoms with Crippen LogP contribution in [-0.4, -0.2) is 43.1 Å². The molecule has 2 fully saturated rings. The Hall–Kier alpha value is -3.23. The van der Waals surface area contributed by atoms with Crippen molar-refractivity contribution in [2.45, 2.75) is 70.3 Å². The van der Waals surface area contributed by atoms with Crippen LogP contribution in [0.5, 0.6) is 0 Å². The lowest BCUT2D eigenvalue weighted by molar-refractivity contribution is -0.210. The lowest BCUT2D eigenvalue weighted by atomic mass is 9.97. The van der Waals surface area contributed by atoms with Gasteiger partial charge in [-0.05, 0) is 94.0 Å². The first-order chi connectivity index (χ1) is 17.8. The number of nitrogens with one attached hydrogen (secondary N) is 1. The molecule has 8 heteroatoms. The van der Waals surface area contributed by atoms with Crippen LogP contribution in [0.4, 0.5) is 11.6 Å². The Morgan fingerprint density at radius 1 is 1.11 bits per heavy atom. The Morgan fingerprint density at radius 3 is 2.76 bits per heavy atom. The molecule has 6 rings (SSSR count). The number of anilines is 2. The highest BCUT2D eigenvalue weighted by Crippen LogP contribution is 2.42. The minimum atomic E-state index is -1.20. The highest BCUT2D eigenvalue weighted by atomic mass is 16.6. The van der Waals surface area contributed by atoms with Gasteiger partial charge in [0.1, 0.15) is 23.6 Å². The summed E-state index contributed by atoms with van der Waals surface area (Å²) in [5.41, 5.74) is 9.24. The van der Waals surface area contributed by atoms with Gasteiger partial charge in [0.25, 0.3) is 0 Å². The largest absolute Gasteiger partial charge is 0.383 e. The Balaban J connectivity index is 1.17. The number of ether oxygens (including phenoxy) is 1. The number of aliphatic hydroxyl groups is 1. The highest BCUT2D eigenvalue weighted by molar-refractivity contribution is 5.86. The quantitative estimate of drug-likeness (QED) is 0.275. The summed E-state index contributed by atoms with van der Waals surface area (Å²) in [6.07, 6.45) is 9.93. The van der Waals surface area contributed by atoms with E-state index in [-0.39, 0.29) is 12.1 Å². The molecule has 0 saturated heterocycles. The molecule has 4 N–H and O–H groups in total. The number of aromatic nitrogens is 4. The predicted octanol–water partition coefficient (Wildman–Crippen LogP) is 5.08. The van der Waals surface area contributed by atoms with Crippen LogP contribution in [-0.2, 0) is 11.2 Å². The second-order valence-corrected chi connectivity index (χ2v) is 11.3. The van der Waals surface area contributed by atoms with E-state index in [2.05, 4.69) is 50.2 Å². The van der Waals surface area contributed by atoms with Gasteiger partial charge in [0.2, 0.25) is 0 Å². The SMILES string of the molecule is CC(C)(O)O[C@@H]1C[C@@H](CCc2ccc3ccc(NCC4CC4)nc3c2)C[C@H]1n1ccc2c(N)ncnc21. The zero-order valence-electron chi connectivity index (χ0n) is 21.6. The summed E-state index contributed by atoms with van der Waals surface area (Å²) < 4.78 is 8.31. The average Bonchev–Trinajstić information content (AvgIpc) is 3.47. The minimum absolute atomic E-state index is 0.0709. The third-order valence-electron chi connectivity index (χ3n) is 7.77. The maximum Gasteiger partial charge on any atom is 0.160 e. The third-order valence-corrected chi connectivity index (χ3v) is 7.77. The van der Waals surface area contributed by atoms with E-state index in [0.717, 1.165) is 60.5 Å². The van der Waals surface area contributed by atoms with Gasteiger partial charge < -0.3 is 25.5 Å². The van der Waals surface area contributed by atoms with Crippen LogP contribution in [0, 0.1) is 11.8 Å². The average molecular weight is 501 g/mol. The number of nitrogen functional groups attached to an aromatic ring is 1. The topological polar surface area (TPSA) is 111 Å². The molecule has 4 aromatic rings. The number of pyridine rings is 1. The lowest BCUT2D eigenvalue weighted by Gasteiger charge is -2.28. The van der Waals surface area contributed by atoms with Crippen molar-refractivity contribution in [2.75, 3.05) is 17.6 Å². The molecule has 0 radical (unpaired) electrons. The first-order valence-corrected chi connectivity index (χ1v) is 13.4. The molecule has 2 aliphatic carbocycles. The number of nitrogens with two attached hydrogens (primary N) is 1. The first kappa shape index (κ1) is 24.1. The molecule has 1 aromatic carbocycles. The van der Waals surface area contributed by atoms with E-state index in [1.54, 1.807) is 13.8 Å². The third kappa shape index (κ3) is 5.40. The standard InChI is InChI=1S/C29H36N6O2/c1-29(2,36)37-25-15-20(14-24(25)35-12-11-22-27(30)32-17-33-28(22)35)6-3-18-7-8-21-9-10-26(34-23(21)13-18)31-16-19-4-5-19/h7-13,17,19-20,24-25,36H,3-6,14-16H2,1-2H3,(H,31,34)(H2,30,32,33)/t20-,24+,25+/m0/s1. The van der Waals surface area contributed by atoms with Crippen LogP contribution in [0.3, 0.4) is 0 Å². The van der Waals surface area contributed by atoms with E-state index in [0.29, 0.717) is 11.7 Å². The minimum Gasteiger partial charge on any atom is -0.383 e. The van der Waals surface area contributed by atoms with E-state index < -0.39 is 5.79 Å². The molecular weight excluding hydrogens is 464 g/mol. The molecule has 0 unspecified atom stereocenters. The zero-order chi connectivity index (χ0) is 25.6. The Bertz CT molecular complexity index is 1410. The van der Waals surface area contributed by atoms with Crippen molar-refractivity contribution in [3.05, 3.63) is 54.5 Å². The monoisotopic (exact) mass is 500 g/mol. The lowest BCUT2D eigenvalue weighted by Crippen LogP contribution is -2.33. The predicted molar refractivity (Wildman–Crippen MR) is 146 cm³/mol. The zero-order valence-corrected chi connectivity index (χ0v) is 21.6. The molecule has 2 aliphatic rings. The number of benzene rings is 1. The smallest absolute Gasteiger partial charge is 0.160 e. The normalized spacial score (nSPS) is 22.2. The van der Waals surface area contributed by atoms with Gasteiger partial charge in [0, 0.05) is 18.1 Å². The Kier molecular flexibility index (Phi) is 6.24. The maximum absolute atomic E-state index is 10.5. The first-order valence-electron chi connectivity index (χ1n) is 13.4. The fraction of sp³-hybridized carbons (Fsp3) is 0.483. The molecule has 194 valence electrons. The summed E-state index contributed by atoms with van der Waals surface area (Å²) in [4.78, 5) is 13.5. The van der Waals surface area contributed by atoms with Crippen molar-refractivity contribution in [3.63, 3.8) is 0 Å². The fourth-order valence-corrected chi connectivity index (χ4v) is 5.72. The molecule has 0 aliphatic heterocycles. The highest BCUT2D eigenvalue weighted by Gasteiger charge is 2.39. The van der Waals surface area contributed by atoms with Crippen molar-refractivity contribution in [1.82, 2.24) is 19.5 Å². The summed E-state index contributed by atoms with van der Waals surface area (Å²) in [5, 5.41) is 16.0. The number of hydrogen-bond acceptors (Lipinski definition) is 7. The molecule has 8 nitrogen and oxygen atoms in total. The molecule has 37 heavy (non-hydrogen) atoms. The van der Waals surface area contributed by atoms with Crippen molar-refractivity contribution >= 4 is 33.6 Å². The van der Waals surface area contributed by atoms with Gasteiger partial charge in [0.15, 0.2) is 5.79 Å². The van der Waals surface area contributed by atoms with Crippen LogP contribution in [0.25, 0.3) is 21.9 Å². The summed E-state index contributed by atoms with van der Waals surface area (Å²) in [7, 11) is 0. The summed E-state index contributed by atoms with van der Waals surface area (Å²) in [5.74, 6) is 1.52. The molecule has 0 bridgehead atoms. The van der Waals surface area contributed by atoms with Gasteiger partial charge in [-0.3, -0.25) is 0 Å². The Labute approximate surface area is 217 Å². The van der Waals surface area contributed by atoms with Gasteiger partial charge in [-0.1, -0.05) is 12.1 Å². The molecule has 3 aromatic heterocycles. The Morgan fingerprint density at radius 2 is 1.95 bits per heavy atom. The number of fused-ring (bicyclic) bond motifs is 2. The van der Waals surface area contributed by atoms with Gasteiger partial charge in [-0.15, -0.1) is 0 Å². The van der Waals surface area contributed by atoms with Crippen molar-refractivity contribution in [3.8, 4) is 0 Å². The van der Waals surface area contributed by atoms with Crippen LogP contribution >= 0.6 is 0 Å². The summed E-state index contributed by atoms with van der Waals surface area (Å²) >= 11 is 0. The van der Waals surface area contributed by atoms with E-state index in [1.165, 1.54) is 30.1 Å². The summed E-state index contributed by atoms with van der Waals surface area (Å²) in [6.45, 7) is 4.41. The van der Waals surface area contributed by atoms with E-state index in [1.807, 2.05) is 12.3 Å². The molecule has 0 spiro atoms. The number of rotatable bonds is 9. The van der Waals surface area contributed by atoms with Crippen molar-refractivity contribution in [2.24, 2.45) is 11.8 Å². The van der Waals surface area contributed by atoms with Crippen molar-refractivity contribution < 1.29 is 9.84 Å². The van der Waals surface area contributed by atoms with Crippen LogP contribution in [0.1, 0.15) is 57.6 Å².